The van der Waals surface area contributed by atoms with Crippen LogP contribution in [0.25, 0.3) is 0 Å². The van der Waals surface area contributed by atoms with E-state index in [-0.39, 0.29) is 6.10 Å². The standard InChI is InChI=1S/C19H23NO/c1-14(2)21-19-11-7-6-10-16(19)13-20-18-12-17(18)15-8-4-3-5-9-15/h3-11,14,17-18,20H,12-13H2,1-2H3. The van der Waals surface area contributed by atoms with Gasteiger partial charge in [0.2, 0.25) is 0 Å². The van der Waals surface area contributed by atoms with E-state index < -0.39 is 0 Å². The summed E-state index contributed by atoms with van der Waals surface area (Å²) in [7, 11) is 0. The van der Waals surface area contributed by atoms with E-state index in [9.17, 15) is 0 Å². The molecule has 3 rings (SSSR count). The molecule has 2 heteroatoms. The van der Waals surface area contributed by atoms with Crippen molar-refractivity contribution in [2.45, 2.75) is 44.9 Å². The quantitative estimate of drug-likeness (QED) is 0.860. The van der Waals surface area contributed by atoms with Crippen molar-refractivity contribution in [2.24, 2.45) is 0 Å². The number of hydrogen-bond donors (Lipinski definition) is 1. The van der Waals surface area contributed by atoms with Crippen molar-refractivity contribution < 1.29 is 4.74 Å². The summed E-state index contributed by atoms with van der Waals surface area (Å²) < 4.78 is 5.87. The lowest BCUT2D eigenvalue weighted by Crippen LogP contribution is -2.18. The number of nitrogens with one attached hydrogen (secondary N) is 1. The Morgan fingerprint density at radius 2 is 1.76 bits per heavy atom. The Kier molecular flexibility index (Phi) is 4.26. The molecule has 0 bridgehead atoms. The van der Waals surface area contributed by atoms with Gasteiger partial charge in [-0.15, -0.1) is 0 Å². The lowest BCUT2D eigenvalue weighted by atomic mass is 10.1. The molecule has 110 valence electrons. The molecule has 21 heavy (non-hydrogen) atoms. The van der Waals surface area contributed by atoms with Gasteiger partial charge in [0.1, 0.15) is 5.75 Å². The lowest BCUT2D eigenvalue weighted by molar-refractivity contribution is 0.239. The fraction of sp³-hybridized carbons (Fsp3) is 0.368. The molecule has 2 aromatic rings. The van der Waals surface area contributed by atoms with Crippen molar-refractivity contribution in [3.63, 3.8) is 0 Å². The van der Waals surface area contributed by atoms with Gasteiger partial charge in [-0.1, -0.05) is 48.5 Å². The molecule has 2 nitrogen and oxygen atoms in total. The van der Waals surface area contributed by atoms with E-state index in [2.05, 4.69) is 67.7 Å². The molecule has 0 saturated heterocycles. The monoisotopic (exact) mass is 281 g/mol. The van der Waals surface area contributed by atoms with Gasteiger partial charge in [-0.3, -0.25) is 0 Å². The second kappa shape index (κ2) is 6.31. The smallest absolute Gasteiger partial charge is 0.124 e. The number of rotatable bonds is 6. The maximum atomic E-state index is 5.87. The van der Waals surface area contributed by atoms with Gasteiger partial charge < -0.3 is 10.1 Å². The first-order valence-electron chi connectivity index (χ1n) is 7.77. The molecule has 2 atom stereocenters. The van der Waals surface area contributed by atoms with Crippen LogP contribution in [0.5, 0.6) is 5.75 Å². The molecule has 0 aliphatic heterocycles. The lowest BCUT2D eigenvalue weighted by Gasteiger charge is -2.14. The molecular weight excluding hydrogens is 258 g/mol. The Balaban J connectivity index is 1.57. The first-order valence-corrected chi connectivity index (χ1v) is 7.77. The van der Waals surface area contributed by atoms with Crippen LogP contribution in [-0.2, 0) is 6.54 Å². The maximum Gasteiger partial charge on any atom is 0.124 e. The molecule has 2 aromatic carbocycles. The van der Waals surface area contributed by atoms with Crippen LogP contribution < -0.4 is 10.1 Å². The molecule has 0 amide bonds. The fourth-order valence-corrected chi connectivity index (χ4v) is 2.75. The van der Waals surface area contributed by atoms with Gasteiger partial charge in [0.05, 0.1) is 6.10 Å². The van der Waals surface area contributed by atoms with E-state index in [1.165, 1.54) is 17.5 Å². The SMILES string of the molecule is CC(C)Oc1ccccc1CNC1CC1c1ccccc1. The summed E-state index contributed by atoms with van der Waals surface area (Å²) in [4.78, 5) is 0. The maximum absolute atomic E-state index is 5.87. The molecule has 0 radical (unpaired) electrons. The largest absolute Gasteiger partial charge is 0.491 e. The highest BCUT2D eigenvalue weighted by Crippen LogP contribution is 2.40. The van der Waals surface area contributed by atoms with Gasteiger partial charge in [0, 0.05) is 24.1 Å². The summed E-state index contributed by atoms with van der Waals surface area (Å²) in [6.07, 6.45) is 1.45. The Bertz CT molecular complexity index is 579. The van der Waals surface area contributed by atoms with E-state index in [4.69, 9.17) is 4.74 Å². The third-order valence-electron chi connectivity index (χ3n) is 3.91. The Morgan fingerprint density at radius 3 is 2.52 bits per heavy atom. The van der Waals surface area contributed by atoms with Crippen molar-refractivity contribution in [3.05, 3.63) is 65.7 Å². The molecule has 1 aliphatic rings. The van der Waals surface area contributed by atoms with Crippen LogP contribution in [0.3, 0.4) is 0 Å². The van der Waals surface area contributed by atoms with Crippen LogP contribution >= 0.6 is 0 Å². The molecular formula is C19H23NO. The zero-order valence-electron chi connectivity index (χ0n) is 12.8. The van der Waals surface area contributed by atoms with E-state index in [0.717, 1.165) is 12.3 Å². The molecule has 1 saturated carbocycles. The van der Waals surface area contributed by atoms with Gasteiger partial charge in [0.25, 0.3) is 0 Å². The normalized spacial score (nSPS) is 20.5. The minimum atomic E-state index is 0.212. The zero-order chi connectivity index (χ0) is 14.7. The zero-order valence-corrected chi connectivity index (χ0v) is 12.8. The van der Waals surface area contributed by atoms with Crippen molar-refractivity contribution in [3.8, 4) is 5.75 Å². The van der Waals surface area contributed by atoms with Gasteiger partial charge in [-0.05, 0) is 31.9 Å². The Labute approximate surface area is 127 Å². The van der Waals surface area contributed by atoms with Crippen molar-refractivity contribution in [1.82, 2.24) is 5.32 Å². The van der Waals surface area contributed by atoms with Crippen LogP contribution in [-0.4, -0.2) is 12.1 Å². The predicted molar refractivity (Wildman–Crippen MR) is 86.6 cm³/mol. The second-order valence-corrected chi connectivity index (χ2v) is 6.01. The molecule has 0 aromatic heterocycles. The highest BCUT2D eigenvalue weighted by Gasteiger charge is 2.37. The minimum absolute atomic E-state index is 0.212. The number of ether oxygens (including phenoxy) is 1. The Morgan fingerprint density at radius 1 is 1.05 bits per heavy atom. The predicted octanol–water partition coefficient (Wildman–Crippen LogP) is 4.12. The van der Waals surface area contributed by atoms with Gasteiger partial charge in [-0.25, -0.2) is 0 Å². The average molecular weight is 281 g/mol. The van der Waals surface area contributed by atoms with Gasteiger partial charge in [0.15, 0.2) is 0 Å². The van der Waals surface area contributed by atoms with Crippen LogP contribution in [0, 0.1) is 0 Å². The van der Waals surface area contributed by atoms with Crippen molar-refractivity contribution in [2.75, 3.05) is 0 Å². The summed E-state index contributed by atoms with van der Waals surface area (Å²) in [5, 5.41) is 3.66. The van der Waals surface area contributed by atoms with E-state index in [1.54, 1.807) is 0 Å². The summed E-state index contributed by atoms with van der Waals surface area (Å²) in [6, 6.07) is 19.7. The van der Waals surface area contributed by atoms with Crippen LogP contribution in [0.1, 0.15) is 37.3 Å². The van der Waals surface area contributed by atoms with Gasteiger partial charge >= 0.3 is 0 Å². The van der Waals surface area contributed by atoms with Crippen molar-refractivity contribution >= 4 is 0 Å². The first kappa shape index (κ1) is 14.2. The van der Waals surface area contributed by atoms with Crippen molar-refractivity contribution in [1.29, 1.82) is 0 Å². The highest BCUT2D eigenvalue weighted by atomic mass is 16.5. The summed E-state index contributed by atoms with van der Waals surface area (Å²) in [5.41, 5.74) is 2.69. The molecule has 0 spiro atoms. The molecule has 2 unspecified atom stereocenters. The summed E-state index contributed by atoms with van der Waals surface area (Å²) in [5.74, 6) is 1.67. The van der Waals surface area contributed by atoms with E-state index >= 15 is 0 Å². The highest BCUT2D eigenvalue weighted by molar-refractivity contribution is 5.34. The third-order valence-corrected chi connectivity index (χ3v) is 3.91. The third kappa shape index (κ3) is 3.64. The summed E-state index contributed by atoms with van der Waals surface area (Å²) >= 11 is 0. The number of hydrogen-bond acceptors (Lipinski definition) is 2. The van der Waals surface area contributed by atoms with Gasteiger partial charge in [-0.2, -0.15) is 0 Å². The van der Waals surface area contributed by atoms with E-state index in [0.29, 0.717) is 12.0 Å². The Hall–Kier alpha value is -1.80. The second-order valence-electron chi connectivity index (χ2n) is 6.01. The first-order chi connectivity index (χ1) is 10.2. The molecule has 1 N–H and O–H groups in total. The van der Waals surface area contributed by atoms with Crippen LogP contribution in [0.15, 0.2) is 54.6 Å². The molecule has 1 aliphatic carbocycles. The topological polar surface area (TPSA) is 21.3 Å². The average Bonchev–Trinajstić information content (AvgIpc) is 3.26. The molecule has 0 heterocycles. The molecule has 1 fully saturated rings. The number of para-hydroxylation sites is 1. The minimum Gasteiger partial charge on any atom is -0.491 e. The van der Waals surface area contributed by atoms with Crippen LogP contribution in [0.2, 0.25) is 0 Å². The van der Waals surface area contributed by atoms with Crippen LogP contribution in [0.4, 0.5) is 0 Å². The van der Waals surface area contributed by atoms with E-state index in [1.807, 2.05) is 6.07 Å². The number of benzene rings is 2. The summed E-state index contributed by atoms with van der Waals surface area (Å²) in [6.45, 7) is 5.00. The fourth-order valence-electron chi connectivity index (χ4n) is 2.75.